The summed E-state index contributed by atoms with van der Waals surface area (Å²) >= 11 is 18.4. The second-order valence-corrected chi connectivity index (χ2v) is 8.89. The van der Waals surface area contributed by atoms with Gasteiger partial charge in [0.2, 0.25) is 0 Å². The van der Waals surface area contributed by atoms with Gasteiger partial charge in [-0.2, -0.15) is 18.3 Å². The number of piperidine rings is 1. The van der Waals surface area contributed by atoms with Crippen LogP contribution in [0.2, 0.25) is 15.1 Å². The van der Waals surface area contributed by atoms with Crippen LogP contribution in [0, 0.1) is 19.8 Å². The molecule has 2 aromatic rings. The average Bonchev–Trinajstić information content (AvgIpc) is 2.97. The number of aryl methyl sites for hydroxylation is 1. The van der Waals surface area contributed by atoms with E-state index in [1.807, 2.05) is 20.0 Å². The maximum Gasteiger partial charge on any atom is 0.436 e. The molecule has 1 unspecified atom stereocenters. The number of alkyl halides is 3. The van der Waals surface area contributed by atoms with E-state index >= 15 is 0 Å². The Bertz CT molecular complexity index is 906. The smallest absolute Gasteiger partial charge is 0.370 e. The van der Waals surface area contributed by atoms with Crippen LogP contribution >= 0.6 is 34.8 Å². The number of nitrogens with zero attached hydrogens (tertiary/aromatic N) is 3. The Morgan fingerprint density at radius 2 is 1.77 bits per heavy atom. The molecule has 1 fully saturated rings. The molecule has 0 spiro atoms. The molecule has 0 aliphatic carbocycles. The zero-order chi connectivity index (χ0) is 22.2. The fourth-order valence-electron chi connectivity index (χ4n) is 3.97. The van der Waals surface area contributed by atoms with Gasteiger partial charge in [-0.05, 0) is 57.4 Å². The molecule has 0 saturated carbocycles. The molecule has 166 valence electrons. The number of halogens is 6. The Morgan fingerprint density at radius 3 is 2.30 bits per heavy atom. The summed E-state index contributed by atoms with van der Waals surface area (Å²) in [7, 11) is 1.82. The molecule has 1 aliphatic rings. The first-order valence-corrected chi connectivity index (χ1v) is 10.8. The van der Waals surface area contributed by atoms with Crippen molar-refractivity contribution in [2.75, 3.05) is 25.0 Å². The summed E-state index contributed by atoms with van der Waals surface area (Å²) in [6, 6.07) is 3.73. The first-order chi connectivity index (χ1) is 14.0. The molecular formula is C20H24Cl3F3N4. The normalized spacial score (nSPS) is 16.9. The molecule has 1 aliphatic heterocycles. The number of hydrogen-bond donors (Lipinski definition) is 1. The van der Waals surface area contributed by atoms with Crippen LogP contribution in [0.3, 0.4) is 0 Å². The van der Waals surface area contributed by atoms with Crippen molar-refractivity contribution in [3.8, 4) is 0 Å². The lowest BCUT2D eigenvalue weighted by Gasteiger charge is -2.37. The van der Waals surface area contributed by atoms with E-state index < -0.39 is 11.9 Å². The number of aromatic nitrogens is 2. The monoisotopic (exact) mass is 482 g/mol. The number of nitrogens with one attached hydrogen (secondary N) is 1. The van der Waals surface area contributed by atoms with Crippen molar-refractivity contribution in [3.63, 3.8) is 0 Å². The van der Waals surface area contributed by atoms with Gasteiger partial charge in [0.1, 0.15) is 0 Å². The summed E-state index contributed by atoms with van der Waals surface area (Å²) in [4.78, 5) is 2.23. The van der Waals surface area contributed by atoms with E-state index in [2.05, 4.69) is 15.3 Å². The van der Waals surface area contributed by atoms with E-state index in [0.29, 0.717) is 22.3 Å². The molecule has 1 saturated heterocycles. The lowest BCUT2D eigenvalue weighted by molar-refractivity contribution is -0.141. The van der Waals surface area contributed by atoms with Crippen LogP contribution < -0.4 is 10.2 Å². The van der Waals surface area contributed by atoms with Gasteiger partial charge in [-0.3, -0.25) is 4.68 Å². The average molecular weight is 484 g/mol. The maximum atomic E-state index is 13.1. The predicted octanol–water partition coefficient (Wildman–Crippen LogP) is 5.98. The molecular weight excluding hydrogens is 460 g/mol. The van der Waals surface area contributed by atoms with Crippen LogP contribution in [-0.2, 0) is 12.7 Å². The molecule has 1 aromatic carbocycles. The van der Waals surface area contributed by atoms with Gasteiger partial charge in [-0.25, -0.2) is 0 Å². The van der Waals surface area contributed by atoms with E-state index in [-0.39, 0.29) is 17.0 Å². The van der Waals surface area contributed by atoms with Gasteiger partial charge in [0.25, 0.3) is 0 Å². The van der Waals surface area contributed by atoms with Gasteiger partial charge < -0.3 is 10.2 Å². The van der Waals surface area contributed by atoms with Gasteiger partial charge in [0.15, 0.2) is 5.69 Å². The minimum Gasteiger partial charge on any atom is -0.370 e. The molecule has 0 amide bonds. The summed E-state index contributed by atoms with van der Waals surface area (Å²) in [6.45, 7) is 5.43. The van der Waals surface area contributed by atoms with Gasteiger partial charge in [-0.1, -0.05) is 34.8 Å². The highest BCUT2D eigenvalue weighted by molar-refractivity contribution is 6.36. The molecule has 10 heteroatoms. The molecule has 4 nitrogen and oxygen atoms in total. The zero-order valence-corrected chi connectivity index (χ0v) is 19.2. The van der Waals surface area contributed by atoms with E-state index in [9.17, 15) is 13.2 Å². The third-order valence-electron chi connectivity index (χ3n) is 5.82. The third-order valence-corrected chi connectivity index (χ3v) is 6.98. The van der Waals surface area contributed by atoms with Crippen molar-refractivity contribution in [1.29, 1.82) is 0 Å². The first kappa shape index (κ1) is 23.5. The molecule has 2 heterocycles. The second-order valence-electron chi connectivity index (χ2n) is 7.70. The van der Waals surface area contributed by atoms with E-state index in [4.69, 9.17) is 34.8 Å². The number of rotatable bonds is 5. The Hall–Kier alpha value is -1.15. The molecule has 30 heavy (non-hydrogen) atoms. The molecule has 0 bridgehead atoms. The van der Waals surface area contributed by atoms with E-state index in [1.54, 1.807) is 13.0 Å². The van der Waals surface area contributed by atoms with Crippen LogP contribution in [0.25, 0.3) is 0 Å². The minimum absolute atomic E-state index is 0.0228. The molecule has 3 rings (SSSR count). The highest BCUT2D eigenvalue weighted by Crippen LogP contribution is 2.37. The van der Waals surface area contributed by atoms with Crippen LogP contribution in [0.4, 0.5) is 18.9 Å². The predicted molar refractivity (Wildman–Crippen MR) is 116 cm³/mol. The van der Waals surface area contributed by atoms with Crippen molar-refractivity contribution in [2.24, 2.45) is 5.92 Å². The summed E-state index contributed by atoms with van der Waals surface area (Å²) in [5.41, 5.74) is 1.23. The van der Waals surface area contributed by atoms with E-state index in [0.717, 1.165) is 37.2 Å². The van der Waals surface area contributed by atoms with Crippen molar-refractivity contribution in [2.45, 2.75) is 45.5 Å². The Kier molecular flexibility index (Phi) is 7.17. The molecule has 0 radical (unpaired) electrons. The highest BCUT2D eigenvalue weighted by Gasteiger charge is 2.38. The summed E-state index contributed by atoms with van der Waals surface area (Å²) in [5.74, 6) is 0.287. The quantitative estimate of drug-likeness (QED) is 0.567. The second kappa shape index (κ2) is 9.15. The van der Waals surface area contributed by atoms with Gasteiger partial charge in [0.05, 0.1) is 28.0 Å². The summed E-state index contributed by atoms with van der Waals surface area (Å²) < 4.78 is 40.7. The topological polar surface area (TPSA) is 33.1 Å². The van der Waals surface area contributed by atoms with Gasteiger partial charge >= 0.3 is 6.18 Å². The van der Waals surface area contributed by atoms with E-state index in [1.165, 1.54) is 4.68 Å². The summed E-state index contributed by atoms with van der Waals surface area (Å²) in [6.07, 6.45) is -2.81. The lowest BCUT2D eigenvalue weighted by Crippen LogP contribution is -2.44. The Morgan fingerprint density at radius 1 is 1.13 bits per heavy atom. The zero-order valence-electron chi connectivity index (χ0n) is 17.0. The Labute approximate surface area is 189 Å². The van der Waals surface area contributed by atoms with Gasteiger partial charge in [0, 0.05) is 24.2 Å². The van der Waals surface area contributed by atoms with Crippen molar-refractivity contribution >= 4 is 40.5 Å². The summed E-state index contributed by atoms with van der Waals surface area (Å²) in [5, 5.41) is 7.91. The van der Waals surface area contributed by atoms with Gasteiger partial charge in [-0.15, -0.1) is 0 Å². The number of hydrogen-bond acceptors (Lipinski definition) is 3. The Balaban J connectivity index is 1.70. The first-order valence-electron chi connectivity index (χ1n) is 9.70. The van der Waals surface area contributed by atoms with Crippen molar-refractivity contribution < 1.29 is 13.2 Å². The van der Waals surface area contributed by atoms with Crippen molar-refractivity contribution in [3.05, 3.63) is 44.2 Å². The molecule has 1 aromatic heterocycles. The van der Waals surface area contributed by atoms with Crippen LogP contribution in [0.5, 0.6) is 0 Å². The lowest BCUT2D eigenvalue weighted by atomic mass is 9.89. The molecule has 1 N–H and O–H groups in total. The van der Waals surface area contributed by atoms with Crippen molar-refractivity contribution in [1.82, 2.24) is 15.1 Å². The number of likely N-dealkylation sites (N-methyl/N-ethyl adjacent to an activating group) is 1. The highest BCUT2D eigenvalue weighted by atomic mass is 35.5. The fraction of sp³-hybridized carbons (Fsp3) is 0.550. The van der Waals surface area contributed by atoms with Crippen LogP contribution in [0.1, 0.15) is 29.8 Å². The number of anilines is 1. The SMILES string of the molecule is CNC(Cn1nc(C(F)(F)F)c(Cl)c1C)C1CCN(c2cc(C)c(Cl)cc2Cl)CC1. The van der Waals surface area contributed by atoms with Crippen LogP contribution in [-0.4, -0.2) is 36.0 Å². The third kappa shape index (κ3) is 4.85. The standard InChI is InChI=1S/C20H24Cl3F3N4/c1-11-8-17(15(22)9-14(11)21)29-6-4-13(5-7-29)16(27-3)10-30-12(2)18(23)19(28-30)20(24,25)26/h8-9,13,16,27H,4-7,10H2,1-3H3. The fourth-order valence-corrected chi connectivity index (χ4v) is 4.72. The largest absolute Gasteiger partial charge is 0.436 e. The van der Waals surface area contributed by atoms with Crippen LogP contribution in [0.15, 0.2) is 12.1 Å². The minimum atomic E-state index is -4.57. The number of benzene rings is 1. The maximum absolute atomic E-state index is 13.1. The molecule has 1 atom stereocenters.